The number of aliphatic imine (C=N–C) groups is 1. The van der Waals surface area contributed by atoms with E-state index in [4.69, 9.17) is 24.1 Å². The van der Waals surface area contributed by atoms with Crippen LogP contribution < -0.4 is 0 Å². The van der Waals surface area contributed by atoms with Gasteiger partial charge in [0.2, 0.25) is 6.29 Å². The maximum Gasteiger partial charge on any atom is 0.335 e. The van der Waals surface area contributed by atoms with Gasteiger partial charge in [0.1, 0.15) is 42.7 Å². The van der Waals surface area contributed by atoms with Crippen LogP contribution in [0.25, 0.3) is 0 Å². The summed E-state index contributed by atoms with van der Waals surface area (Å²) in [6.07, 6.45) is -12.0. The van der Waals surface area contributed by atoms with Crippen molar-refractivity contribution in [3.63, 3.8) is 0 Å². The highest BCUT2D eigenvalue weighted by Crippen LogP contribution is 2.33. The topological polar surface area (TPSA) is 188 Å². The predicted molar refractivity (Wildman–Crippen MR) is 88.1 cm³/mol. The van der Waals surface area contributed by atoms with Crippen molar-refractivity contribution in [2.75, 3.05) is 6.61 Å². The number of aliphatic carboxylic acids is 1. The number of hydrogen-bond acceptors (Lipinski definition) is 11. The highest BCUT2D eigenvalue weighted by Gasteiger charge is 2.54. The lowest BCUT2D eigenvalue weighted by molar-refractivity contribution is -0.331. The summed E-state index contributed by atoms with van der Waals surface area (Å²) < 4.78 is 21.6. The minimum atomic E-state index is -1.88. The number of aliphatic hydroxyl groups excluding tert-OH is 5. The molecule has 3 heterocycles. The molecule has 0 radical (unpaired) electrons. The number of aliphatic hydroxyl groups is 5. The van der Waals surface area contributed by atoms with E-state index in [1.807, 2.05) is 0 Å². The van der Waals surface area contributed by atoms with Crippen molar-refractivity contribution in [3.05, 3.63) is 12.7 Å². The van der Waals surface area contributed by atoms with E-state index < -0.39 is 73.9 Å². The Morgan fingerprint density at radius 2 is 1.86 bits per heavy atom. The molecule has 0 aromatic heterocycles. The molecule has 0 unspecified atom stereocenters. The maximum atomic E-state index is 11.2. The van der Waals surface area contributed by atoms with Gasteiger partial charge in [-0.3, -0.25) is 0 Å². The number of carbonyl (C=O) groups is 1. The lowest BCUT2D eigenvalue weighted by Gasteiger charge is -2.44. The van der Waals surface area contributed by atoms with Crippen LogP contribution in [0.1, 0.15) is 6.42 Å². The minimum absolute atomic E-state index is 0.258. The summed E-state index contributed by atoms with van der Waals surface area (Å²) in [6.45, 7) is 3.00. The van der Waals surface area contributed by atoms with Crippen molar-refractivity contribution in [2.45, 2.75) is 67.8 Å². The minimum Gasteiger partial charge on any atom is -0.479 e. The second-order valence-corrected chi connectivity index (χ2v) is 6.68. The average Bonchev–Trinajstić information content (AvgIpc) is 3.06. The van der Waals surface area contributed by atoms with Crippen LogP contribution in [0.15, 0.2) is 17.6 Å². The number of carboxylic acids is 1. The van der Waals surface area contributed by atoms with Gasteiger partial charge in [-0.25, -0.2) is 9.79 Å². The van der Waals surface area contributed by atoms with Crippen LogP contribution in [0.3, 0.4) is 0 Å². The van der Waals surface area contributed by atoms with E-state index in [1.54, 1.807) is 0 Å². The first-order chi connectivity index (χ1) is 13.3. The first-order valence-electron chi connectivity index (χ1n) is 8.65. The summed E-state index contributed by atoms with van der Waals surface area (Å²) in [6, 6.07) is -0.907. The zero-order valence-electron chi connectivity index (χ0n) is 14.6. The molecule has 6 N–H and O–H groups in total. The Hall–Kier alpha value is -1.64. The van der Waals surface area contributed by atoms with Crippen LogP contribution in [0.5, 0.6) is 0 Å². The van der Waals surface area contributed by atoms with E-state index in [1.165, 1.54) is 6.08 Å². The van der Waals surface area contributed by atoms with Crippen molar-refractivity contribution in [3.8, 4) is 0 Å². The molecule has 0 spiro atoms. The number of fused-ring (bicyclic) bond motifs is 1. The van der Waals surface area contributed by atoms with E-state index in [0.717, 1.165) is 0 Å². The molecule has 158 valence electrons. The average molecular weight is 405 g/mol. The molecule has 12 heteroatoms. The molecule has 0 aliphatic carbocycles. The third kappa shape index (κ3) is 3.77. The molecule has 10 atom stereocenters. The van der Waals surface area contributed by atoms with Crippen molar-refractivity contribution < 1.29 is 54.4 Å². The maximum absolute atomic E-state index is 11.2. The van der Waals surface area contributed by atoms with E-state index in [-0.39, 0.29) is 12.3 Å². The summed E-state index contributed by atoms with van der Waals surface area (Å²) in [4.78, 5) is 15.5. The van der Waals surface area contributed by atoms with Crippen molar-refractivity contribution in [1.82, 2.24) is 0 Å². The quantitative estimate of drug-likeness (QED) is 0.243. The second-order valence-electron chi connectivity index (χ2n) is 6.68. The number of nitrogens with zero attached hydrogens (tertiary/aromatic N) is 1. The summed E-state index contributed by atoms with van der Waals surface area (Å²) in [5, 5.41) is 58.8. The normalized spacial score (nSPS) is 45.7. The van der Waals surface area contributed by atoms with Gasteiger partial charge in [-0.05, 0) is 0 Å². The molecule has 28 heavy (non-hydrogen) atoms. The zero-order chi connectivity index (χ0) is 20.6. The number of hydrogen-bond donors (Lipinski definition) is 6. The van der Waals surface area contributed by atoms with Gasteiger partial charge in [0, 0.05) is 6.42 Å². The Kier molecular flexibility index (Phi) is 6.31. The lowest BCUT2D eigenvalue weighted by atomic mass is 9.96. The van der Waals surface area contributed by atoms with E-state index in [9.17, 15) is 30.3 Å². The number of rotatable bonds is 6. The van der Waals surface area contributed by atoms with Gasteiger partial charge in [0.15, 0.2) is 18.3 Å². The molecule has 3 aliphatic heterocycles. The van der Waals surface area contributed by atoms with Crippen LogP contribution >= 0.6 is 0 Å². The Balaban J connectivity index is 1.82. The first kappa shape index (κ1) is 21.1. The molecular formula is C16H23NO11. The second kappa shape index (κ2) is 8.39. The van der Waals surface area contributed by atoms with E-state index in [0.29, 0.717) is 0 Å². The van der Waals surface area contributed by atoms with Crippen LogP contribution in [0, 0.1) is 0 Å². The summed E-state index contributed by atoms with van der Waals surface area (Å²) in [7, 11) is 0. The lowest BCUT2D eigenvalue weighted by Crippen LogP contribution is -2.64. The summed E-state index contributed by atoms with van der Waals surface area (Å²) in [5.41, 5.74) is 0. The largest absolute Gasteiger partial charge is 0.479 e. The van der Waals surface area contributed by atoms with Crippen molar-refractivity contribution in [1.29, 1.82) is 0 Å². The monoisotopic (exact) mass is 405 g/mol. The third-order valence-electron chi connectivity index (χ3n) is 4.79. The van der Waals surface area contributed by atoms with Crippen molar-refractivity contribution in [2.24, 2.45) is 4.99 Å². The Morgan fingerprint density at radius 1 is 1.14 bits per heavy atom. The highest BCUT2D eigenvalue weighted by atomic mass is 16.7. The molecule has 0 aromatic carbocycles. The zero-order valence-corrected chi connectivity index (χ0v) is 14.6. The SMILES string of the molecule is C=CCC1=N[C@H]2[C@@H](O1)O[C@H](CO)[C@@H](O)[C@@H]2O[C@@H]1O[C@H](C(=O)O)[C@@H](O)[C@H](O)[C@H]1O. The fourth-order valence-corrected chi connectivity index (χ4v) is 3.32. The van der Waals surface area contributed by atoms with Gasteiger partial charge >= 0.3 is 5.97 Å². The predicted octanol–water partition coefficient (Wildman–Crippen LogP) is -3.28. The Morgan fingerprint density at radius 3 is 2.46 bits per heavy atom. The standard InChI is InChI=1S/C16H23NO11/c1-2-3-6-17-7-12(8(19)5(4-18)25-15(7)26-6)27-16-11(22)9(20)10(21)13(28-16)14(23)24/h2,5,7-13,15-16,18-22H,1,3-4H2,(H,23,24)/t5-,7-,8-,9+,10+,11-,12-,13+,15-,16-/m1/s1. The number of carboxylic acid groups (broad SMARTS) is 1. The molecule has 2 fully saturated rings. The molecule has 0 bridgehead atoms. The first-order valence-corrected chi connectivity index (χ1v) is 8.65. The third-order valence-corrected chi connectivity index (χ3v) is 4.79. The highest BCUT2D eigenvalue weighted by molar-refractivity contribution is 5.79. The summed E-state index contributed by atoms with van der Waals surface area (Å²) in [5.74, 6) is -1.31. The number of ether oxygens (including phenoxy) is 4. The van der Waals surface area contributed by atoms with Gasteiger partial charge in [-0.15, -0.1) is 6.58 Å². The molecule has 2 saturated heterocycles. The molecule has 3 aliphatic rings. The van der Waals surface area contributed by atoms with Crippen LogP contribution in [0.2, 0.25) is 0 Å². The van der Waals surface area contributed by atoms with E-state index >= 15 is 0 Å². The fourth-order valence-electron chi connectivity index (χ4n) is 3.32. The molecule has 0 amide bonds. The van der Waals surface area contributed by atoms with Gasteiger partial charge in [-0.1, -0.05) is 6.08 Å². The molecule has 0 aromatic rings. The van der Waals surface area contributed by atoms with Gasteiger partial charge in [0.05, 0.1) is 6.61 Å². The van der Waals surface area contributed by atoms with E-state index in [2.05, 4.69) is 11.6 Å². The molecular weight excluding hydrogens is 382 g/mol. The van der Waals surface area contributed by atoms with Gasteiger partial charge in [0.25, 0.3) is 0 Å². The molecule has 0 saturated carbocycles. The van der Waals surface area contributed by atoms with Gasteiger partial charge < -0.3 is 49.6 Å². The van der Waals surface area contributed by atoms with Crippen molar-refractivity contribution >= 4 is 11.9 Å². The smallest absolute Gasteiger partial charge is 0.335 e. The molecule has 12 nitrogen and oxygen atoms in total. The Labute approximate surface area is 159 Å². The Bertz CT molecular complexity index is 628. The van der Waals surface area contributed by atoms with Crippen LogP contribution in [0.4, 0.5) is 0 Å². The van der Waals surface area contributed by atoms with Crippen LogP contribution in [-0.4, -0.2) is 110 Å². The summed E-state index contributed by atoms with van der Waals surface area (Å²) >= 11 is 0. The van der Waals surface area contributed by atoms with Crippen LogP contribution in [-0.2, 0) is 23.7 Å². The molecule has 3 rings (SSSR count). The fraction of sp³-hybridized carbons (Fsp3) is 0.750. The van der Waals surface area contributed by atoms with Gasteiger partial charge in [-0.2, -0.15) is 0 Å².